The number of anilines is 1. The van der Waals surface area contributed by atoms with E-state index < -0.39 is 0 Å². The predicted molar refractivity (Wildman–Crippen MR) is 78.8 cm³/mol. The zero-order chi connectivity index (χ0) is 13.7. The average Bonchev–Trinajstić information content (AvgIpc) is 2.85. The SMILES string of the molecule is CCCc1nnc(NC(CO)c2ccc(Cl)cc2)s1. The fourth-order valence-corrected chi connectivity index (χ4v) is 2.73. The molecule has 2 rings (SSSR count). The number of hydrogen-bond acceptors (Lipinski definition) is 5. The number of benzene rings is 1. The van der Waals surface area contributed by atoms with Gasteiger partial charge in [-0.15, -0.1) is 10.2 Å². The second-order valence-corrected chi connectivity index (χ2v) is 5.68. The molecule has 0 aliphatic carbocycles. The van der Waals surface area contributed by atoms with E-state index in [1.165, 1.54) is 11.3 Å². The van der Waals surface area contributed by atoms with Gasteiger partial charge in [-0.2, -0.15) is 0 Å². The minimum absolute atomic E-state index is 0.00960. The Hall–Kier alpha value is -1.17. The predicted octanol–water partition coefficient (Wildman–Crippen LogP) is 3.29. The molecule has 0 saturated heterocycles. The minimum Gasteiger partial charge on any atom is -0.394 e. The van der Waals surface area contributed by atoms with Crippen LogP contribution in [0.4, 0.5) is 5.13 Å². The van der Waals surface area contributed by atoms with Gasteiger partial charge >= 0.3 is 0 Å². The van der Waals surface area contributed by atoms with Crippen LogP contribution in [0.15, 0.2) is 24.3 Å². The molecule has 2 aromatic rings. The molecule has 19 heavy (non-hydrogen) atoms. The van der Waals surface area contributed by atoms with E-state index in [9.17, 15) is 5.11 Å². The van der Waals surface area contributed by atoms with Crippen molar-refractivity contribution in [2.45, 2.75) is 25.8 Å². The monoisotopic (exact) mass is 297 g/mol. The number of aliphatic hydroxyl groups is 1. The van der Waals surface area contributed by atoms with Crippen molar-refractivity contribution in [3.05, 3.63) is 39.9 Å². The van der Waals surface area contributed by atoms with Crippen LogP contribution in [0.2, 0.25) is 5.02 Å². The van der Waals surface area contributed by atoms with Crippen molar-refractivity contribution in [2.75, 3.05) is 11.9 Å². The third kappa shape index (κ3) is 3.89. The Balaban J connectivity index is 2.07. The van der Waals surface area contributed by atoms with Crippen LogP contribution in [0, 0.1) is 0 Å². The van der Waals surface area contributed by atoms with Gasteiger partial charge in [0.05, 0.1) is 12.6 Å². The highest BCUT2D eigenvalue weighted by Crippen LogP contribution is 2.23. The van der Waals surface area contributed by atoms with Crippen LogP contribution >= 0.6 is 22.9 Å². The number of rotatable bonds is 6. The topological polar surface area (TPSA) is 58.0 Å². The molecule has 6 heteroatoms. The van der Waals surface area contributed by atoms with Crippen LogP contribution in [0.1, 0.15) is 30.0 Å². The van der Waals surface area contributed by atoms with Crippen molar-refractivity contribution < 1.29 is 5.11 Å². The second-order valence-electron chi connectivity index (χ2n) is 4.18. The molecule has 0 aliphatic rings. The summed E-state index contributed by atoms with van der Waals surface area (Å²) in [5.74, 6) is 0. The van der Waals surface area contributed by atoms with E-state index in [1.54, 1.807) is 0 Å². The number of hydrogen-bond donors (Lipinski definition) is 2. The van der Waals surface area contributed by atoms with Crippen molar-refractivity contribution in [2.24, 2.45) is 0 Å². The van der Waals surface area contributed by atoms with Gasteiger partial charge in [-0.1, -0.05) is 42.0 Å². The molecule has 0 bridgehead atoms. The standard InChI is InChI=1S/C13H16ClN3OS/c1-2-3-12-16-17-13(19-12)15-11(8-18)9-4-6-10(14)7-5-9/h4-7,11,18H,2-3,8H2,1H3,(H,15,17). The molecule has 1 atom stereocenters. The Bertz CT molecular complexity index is 515. The maximum absolute atomic E-state index is 9.48. The van der Waals surface area contributed by atoms with Gasteiger partial charge in [0.25, 0.3) is 0 Å². The highest BCUT2D eigenvalue weighted by Gasteiger charge is 2.12. The molecule has 1 heterocycles. The van der Waals surface area contributed by atoms with E-state index in [0.717, 1.165) is 28.5 Å². The molecule has 0 aliphatic heterocycles. The van der Waals surface area contributed by atoms with E-state index in [2.05, 4.69) is 22.4 Å². The molecule has 0 radical (unpaired) electrons. The Kier molecular flexibility index (Phi) is 5.13. The maximum atomic E-state index is 9.48. The molecular weight excluding hydrogens is 282 g/mol. The van der Waals surface area contributed by atoms with Gasteiger partial charge in [-0.3, -0.25) is 0 Å². The lowest BCUT2D eigenvalue weighted by molar-refractivity contribution is 0.276. The first-order valence-corrected chi connectivity index (χ1v) is 7.37. The summed E-state index contributed by atoms with van der Waals surface area (Å²) < 4.78 is 0. The van der Waals surface area contributed by atoms with Gasteiger partial charge in [0.1, 0.15) is 5.01 Å². The maximum Gasteiger partial charge on any atom is 0.206 e. The van der Waals surface area contributed by atoms with Crippen LogP contribution in [-0.2, 0) is 6.42 Å². The molecule has 0 amide bonds. The summed E-state index contributed by atoms with van der Waals surface area (Å²) in [7, 11) is 0. The highest BCUT2D eigenvalue weighted by atomic mass is 35.5. The molecule has 0 saturated carbocycles. The first kappa shape index (κ1) is 14.2. The van der Waals surface area contributed by atoms with Crippen LogP contribution in [0.3, 0.4) is 0 Å². The normalized spacial score (nSPS) is 12.4. The molecule has 1 aromatic heterocycles. The van der Waals surface area contributed by atoms with Crippen LogP contribution in [0.5, 0.6) is 0 Å². The molecule has 102 valence electrons. The number of nitrogens with one attached hydrogen (secondary N) is 1. The Morgan fingerprint density at radius 2 is 2.05 bits per heavy atom. The van der Waals surface area contributed by atoms with Crippen molar-refractivity contribution >= 4 is 28.1 Å². The smallest absolute Gasteiger partial charge is 0.206 e. The third-order valence-electron chi connectivity index (χ3n) is 2.68. The molecule has 4 nitrogen and oxygen atoms in total. The fraction of sp³-hybridized carbons (Fsp3) is 0.385. The summed E-state index contributed by atoms with van der Waals surface area (Å²) in [5, 5.41) is 23.3. The lowest BCUT2D eigenvalue weighted by Crippen LogP contribution is -2.14. The first-order chi connectivity index (χ1) is 9.22. The van der Waals surface area contributed by atoms with Gasteiger partial charge in [0.2, 0.25) is 5.13 Å². The van der Waals surface area contributed by atoms with E-state index in [1.807, 2.05) is 24.3 Å². The van der Waals surface area contributed by atoms with Gasteiger partial charge in [-0.05, 0) is 24.1 Å². The first-order valence-electron chi connectivity index (χ1n) is 6.18. The molecular formula is C13H16ClN3OS. The summed E-state index contributed by atoms with van der Waals surface area (Å²) >= 11 is 7.38. The lowest BCUT2D eigenvalue weighted by Gasteiger charge is -2.15. The third-order valence-corrected chi connectivity index (χ3v) is 3.85. The van der Waals surface area contributed by atoms with Crippen molar-refractivity contribution in [3.8, 4) is 0 Å². The summed E-state index contributed by atoms with van der Waals surface area (Å²) in [6.07, 6.45) is 1.99. The second kappa shape index (κ2) is 6.84. The van der Waals surface area contributed by atoms with Crippen LogP contribution < -0.4 is 5.32 Å². The molecule has 0 spiro atoms. The van der Waals surface area contributed by atoms with Crippen molar-refractivity contribution in [3.63, 3.8) is 0 Å². The van der Waals surface area contributed by atoms with E-state index in [0.29, 0.717) is 5.02 Å². The number of aromatic nitrogens is 2. The quantitative estimate of drug-likeness (QED) is 0.859. The average molecular weight is 298 g/mol. The zero-order valence-electron chi connectivity index (χ0n) is 10.6. The van der Waals surface area contributed by atoms with Crippen molar-refractivity contribution in [1.82, 2.24) is 10.2 Å². The summed E-state index contributed by atoms with van der Waals surface area (Å²) in [4.78, 5) is 0. The van der Waals surface area contributed by atoms with Gasteiger partial charge in [-0.25, -0.2) is 0 Å². The molecule has 1 unspecified atom stereocenters. The van der Waals surface area contributed by atoms with E-state index in [-0.39, 0.29) is 12.6 Å². The number of halogens is 1. The lowest BCUT2D eigenvalue weighted by atomic mass is 10.1. The van der Waals surface area contributed by atoms with E-state index >= 15 is 0 Å². The van der Waals surface area contributed by atoms with Gasteiger partial charge < -0.3 is 10.4 Å². The Morgan fingerprint density at radius 3 is 2.68 bits per heavy atom. The molecule has 1 aromatic carbocycles. The summed E-state index contributed by atoms with van der Waals surface area (Å²) in [6, 6.07) is 7.21. The minimum atomic E-state index is -0.195. The largest absolute Gasteiger partial charge is 0.394 e. The fourth-order valence-electron chi connectivity index (χ4n) is 1.71. The highest BCUT2D eigenvalue weighted by molar-refractivity contribution is 7.15. The van der Waals surface area contributed by atoms with Crippen LogP contribution in [-0.4, -0.2) is 21.9 Å². The van der Waals surface area contributed by atoms with Gasteiger partial charge in [0, 0.05) is 11.4 Å². The molecule has 2 N–H and O–H groups in total. The Labute approximate surface area is 121 Å². The van der Waals surface area contributed by atoms with Crippen LogP contribution in [0.25, 0.3) is 0 Å². The number of nitrogens with zero attached hydrogens (tertiary/aromatic N) is 2. The Morgan fingerprint density at radius 1 is 1.32 bits per heavy atom. The number of aryl methyl sites for hydroxylation is 1. The number of aliphatic hydroxyl groups excluding tert-OH is 1. The van der Waals surface area contributed by atoms with E-state index in [4.69, 9.17) is 11.6 Å². The summed E-state index contributed by atoms with van der Waals surface area (Å²) in [6.45, 7) is 2.10. The van der Waals surface area contributed by atoms with Crippen molar-refractivity contribution in [1.29, 1.82) is 0 Å². The molecule has 0 fully saturated rings. The van der Waals surface area contributed by atoms with Gasteiger partial charge in [0.15, 0.2) is 0 Å². The summed E-state index contributed by atoms with van der Waals surface area (Å²) in [5.41, 5.74) is 0.971. The zero-order valence-corrected chi connectivity index (χ0v) is 12.2.